The fraction of sp³-hybridized carbons (Fsp3) is 0.286. The number of hydrogen-bond donors (Lipinski definition) is 5. The van der Waals surface area contributed by atoms with Gasteiger partial charge in [-0.05, 0) is 30.3 Å². The summed E-state index contributed by atoms with van der Waals surface area (Å²) < 4.78 is 82.5. The first-order valence-corrected chi connectivity index (χ1v) is 12.3. The summed E-state index contributed by atoms with van der Waals surface area (Å²) in [5, 5.41) is 30.7. The number of alkyl halides is 6. The zero-order chi connectivity index (χ0) is 31.7. The highest BCUT2D eigenvalue weighted by atomic mass is 32.2. The number of amidine groups is 1. The highest BCUT2D eigenvalue weighted by molar-refractivity contribution is 7.99. The van der Waals surface area contributed by atoms with Gasteiger partial charge in [0.25, 0.3) is 0 Å². The number of esters is 1. The van der Waals surface area contributed by atoms with Crippen LogP contribution in [-0.4, -0.2) is 80.0 Å². The van der Waals surface area contributed by atoms with E-state index in [0.717, 1.165) is 10.9 Å². The number of nitrogen functional groups attached to an aromatic ring is 1. The Kier molecular flexibility index (Phi) is 12.5. The topological polar surface area (TPSA) is 191 Å². The molecule has 226 valence electrons. The molecule has 1 aliphatic heterocycles. The maximum atomic E-state index is 14.0. The molecule has 6 N–H and O–H groups in total. The van der Waals surface area contributed by atoms with Gasteiger partial charge in [0, 0.05) is 28.6 Å². The molecular formula is C21H18F7N3O8S2. The molecule has 0 radical (unpaired) electrons. The van der Waals surface area contributed by atoms with Crippen LogP contribution in [0.3, 0.4) is 0 Å². The quantitative estimate of drug-likeness (QED) is 0.102. The first kappa shape index (κ1) is 35.1. The molecule has 0 amide bonds. The number of carbonyl (C=O) groups is 4. The van der Waals surface area contributed by atoms with Gasteiger partial charge in [-0.3, -0.25) is 15.1 Å². The normalized spacial score (nSPS) is 15.0. The molecule has 41 heavy (non-hydrogen) atoms. The van der Waals surface area contributed by atoms with Crippen molar-refractivity contribution in [2.24, 2.45) is 5.73 Å². The Morgan fingerprint density at radius 2 is 1.54 bits per heavy atom. The van der Waals surface area contributed by atoms with E-state index in [1.54, 1.807) is 23.9 Å². The predicted molar refractivity (Wildman–Crippen MR) is 128 cm³/mol. The average molecular weight is 638 g/mol. The van der Waals surface area contributed by atoms with Crippen molar-refractivity contribution < 1.29 is 70.0 Å². The molecule has 1 saturated heterocycles. The second-order valence-corrected chi connectivity index (χ2v) is 9.59. The van der Waals surface area contributed by atoms with Gasteiger partial charge in [0.05, 0.1) is 0 Å². The lowest BCUT2D eigenvalue weighted by Gasteiger charge is -2.18. The molecule has 1 aromatic heterocycles. The van der Waals surface area contributed by atoms with Gasteiger partial charge in [-0.1, -0.05) is 0 Å². The Morgan fingerprint density at radius 1 is 1.00 bits per heavy atom. The van der Waals surface area contributed by atoms with Crippen LogP contribution in [0.5, 0.6) is 5.75 Å². The Morgan fingerprint density at radius 3 is 1.98 bits per heavy atom. The third kappa shape index (κ3) is 11.6. The number of thiophene rings is 1. The lowest BCUT2D eigenvalue weighted by Crippen LogP contribution is -2.36. The minimum Gasteiger partial charge on any atom is -0.480 e. The van der Waals surface area contributed by atoms with Gasteiger partial charge in [0.1, 0.15) is 16.8 Å². The van der Waals surface area contributed by atoms with E-state index in [0.29, 0.717) is 23.1 Å². The van der Waals surface area contributed by atoms with Crippen LogP contribution in [-0.2, 0) is 20.9 Å². The first-order chi connectivity index (χ1) is 18.7. The van der Waals surface area contributed by atoms with Crippen molar-refractivity contribution in [1.82, 2.24) is 4.90 Å². The van der Waals surface area contributed by atoms with Gasteiger partial charge >= 0.3 is 36.2 Å². The second-order valence-electron chi connectivity index (χ2n) is 7.42. The summed E-state index contributed by atoms with van der Waals surface area (Å²) in [6.45, 7) is 0.420. The summed E-state index contributed by atoms with van der Waals surface area (Å²) in [4.78, 5) is 44.2. The van der Waals surface area contributed by atoms with E-state index in [-0.39, 0.29) is 17.1 Å². The lowest BCUT2D eigenvalue weighted by molar-refractivity contribution is -0.193. The summed E-state index contributed by atoms with van der Waals surface area (Å²) >= 11 is 2.73. The van der Waals surface area contributed by atoms with Gasteiger partial charge < -0.3 is 25.8 Å². The summed E-state index contributed by atoms with van der Waals surface area (Å²) in [7, 11) is 0. The third-order valence-electron chi connectivity index (χ3n) is 4.41. The van der Waals surface area contributed by atoms with E-state index in [2.05, 4.69) is 0 Å². The van der Waals surface area contributed by atoms with Crippen molar-refractivity contribution in [3.05, 3.63) is 51.5 Å². The summed E-state index contributed by atoms with van der Waals surface area (Å²) in [5.74, 6) is -7.25. The highest BCUT2D eigenvalue weighted by Gasteiger charge is 2.39. The Balaban J connectivity index is 0.000000497. The van der Waals surface area contributed by atoms with Crippen LogP contribution < -0.4 is 10.5 Å². The minimum absolute atomic E-state index is 0.196. The van der Waals surface area contributed by atoms with E-state index in [1.165, 1.54) is 23.5 Å². The molecule has 1 aromatic carbocycles. The number of nitrogens with one attached hydrogen (secondary N) is 1. The second kappa shape index (κ2) is 14.6. The molecule has 3 rings (SSSR count). The summed E-state index contributed by atoms with van der Waals surface area (Å²) in [6.07, 6.45) is -10.2. The number of nitrogens with two attached hydrogens (primary N) is 1. The Bertz CT molecular complexity index is 1260. The molecule has 0 unspecified atom stereocenters. The van der Waals surface area contributed by atoms with Crippen molar-refractivity contribution in [3.8, 4) is 5.75 Å². The van der Waals surface area contributed by atoms with Crippen LogP contribution in [0.15, 0.2) is 30.3 Å². The van der Waals surface area contributed by atoms with E-state index >= 15 is 0 Å². The fourth-order valence-electron chi connectivity index (χ4n) is 2.53. The number of nitrogens with zero attached hydrogens (tertiary/aromatic N) is 1. The minimum atomic E-state index is -5.08. The smallest absolute Gasteiger partial charge is 0.480 e. The van der Waals surface area contributed by atoms with E-state index in [9.17, 15) is 45.4 Å². The molecule has 11 nitrogen and oxygen atoms in total. The van der Waals surface area contributed by atoms with Gasteiger partial charge in [-0.25, -0.2) is 18.8 Å². The SMILES string of the molecule is N=C(N)c1ccc(OC(=O)c2ccc(CN3CSC[C@H]3C(=O)O)s2)c(F)c1.O=C(O)C(F)(F)F.O=C(O)C(F)(F)F. The highest BCUT2D eigenvalue weighted by Crippen LogP contribution is 2.27. The number of carboxylic acid groups (broad SMARTS) is 3. The largest absolute Gasteiger partial charge is 0.490 e. The maximum absolute atomic E-state index is 14.0. The number of rotatable bonds is 6. The maximum Gasteiger partial charge on any atom is 0.490 e. The molecule has 2 aromatic rings. The van der Waals surface area contributed by atoms with Crippen LogP contribution in [0.2, 0.25) is 0 Å². The van der Waals surface area contributed by atoms with Crippen LogP contribution in [0, 0.1) is 11.2 Å². The van der Waals surface area contributed by atoms with Gasteiger partial charge in [-0.2, -0.15) is 26.3 Å². The van der Waals surface area contributed by atoms with Crippen LogP contribution in [0.4, 0.5) is 30.7 Å². The molecule has 2 heterocycles. The Hall–Kier alpha value is -3.91. The van der Waals surface area contributed by atoms with Crippen molar-refractivity contribution in [2.75, 3.05) is 11.6 Å². The number of carboxylic acids is 3. The average Bonchev–Trinajstić information content (AvgIpc) is 3.50. The first-order valence-electron chi connectivity index (χ1n) is 10.3. The van der Waals surface area contributed by atoms with Crippen molar-refractivity contribution in [1.29, 1.82) is 5.41 Å². The van der Waals surface area contributed by atoms with Crippen LogP contribution in [0.25, 0.3) is 0 Å². The zero-order valence-electron chi connectivity index (χ0n) is 20.0. The number of carbonyl (C=O) groups excluding carboxylic acids is 1. The predicted octanol–water partition coefficient (Wildman–Crippen LogP) is 3.62. The molecule has 0 aliphatic carbocycles. The van der Waals surface area contributed by atoms with Crippen LogP contribution >= 0.6 is 23.1 Å². The molecule has 20 heteroatoms. The van der Waals surface area contributed by atoms with Gasteiger partial charge in [0.15, 0.2) is 11.6 Å². The third-order valence-corrected chi connectivity index (χ3v) is 6.53. The molecule has 1 aliphatic rings. The molecule has 0 saturated carbocycles. The number of ether oxygens (including phenoxy) is 1. The number of halogens is 7. The van der Waals surface area contributed by atoms with Crippen molar-refractivity contribution in [3.63, 3.8) is 0 Å². The number of benzene rings is 1. The van der Waals surface area contributed by atoms with E-state index < -0.39 is 48.1 Å². The Labute approximate surface area is 232 Å². The molecule has 1 fully saturated rings. The van der Waals surface area contributed by atoms with Gasteiger partial charge in [-0.15, -0.1) is 23.1 Å². The fourth-order valence-corrected chi connectivity index (χ4v) is 4.63. The summed E-state index contributed by atoms with van der Waals surface area (Å²) in [5.41, 5.74) is 5.49. The van der Waals surface area contributed by atoms with Crippen molar-refractivity contribution >= 4 is 52.8 Å². The van der Waals surface area contributed by atoms with Crippen molar-refractivity contribution in [2.45, 2.75) is 24.9 Å². The number of aliphatic carboxylic acids is 3. The molecule has 0 bridgehead atoms. The number of thioether (sulfide) groups is 1. The molecule has 1 atom stereocenters. The number of hydrogen-bond acceptors (Lipinski definition) is 9. The van der Waals surface area contributed by atoms with E-state index in [1.807, 2.05) is 4.90 Å². The van der Waals surface area contributed by atoms with Gasteiger partial charge in [0.2, 0.25) is 0 Å². The van der Waals surface area contributed by atoms with Crippen LogP contribution in [0.1, 0.15) is 20.1 Å². The molecular weight excluding hydrogens is 619 g/mol. The standard InChI is InChI=1S/C17H16FN3O4S2.2C2HF3O2/c18-11-5-9(15(19)20)1-3-13(11)25-17(24)14-4-2-10(27-14)6-21-8-26-7-12(21)16(22)23;2*3-2(4,5)1(6)7/h1-5,12H,6-8H2,(H3,19,20)(H,22,23);2*(H,6,7)/t12-;;/m0../s1. The summed E-state index contributed by atoms with van der Waals surface area (Å²) in [6, 6.07) is 6.44. The van der Waals surface area contributed by atoms with E-state index in [4.69, 9.17) is 35.7 Å². The molecule has 0 spiro atoms. The lowest BCUT2D eigenvalue weighted by atomic mass is 10.2. The zero-order valence-corrected chi connectivity index (χ0v) is 21.6. The monoisotopic (exact) mass is 637 g/mol.